The zero-order valence-electron chi connectivity index (χ0n) is 17.0. The molecule has 1 aromatic carbocycles. The van der Waals surface area contributed by atoms with Crippen molar-refractivity contribution >= 4 is 52.9 Å². The number of aliphatic imine (C=N–C) groups is 1. The van der Waals surface area contributed by atoms with Crippen molar-refractivity contribution < 1.29 is 4.79 Å². The first kappa shape index (κ1) is 23.5. The van der Waals surface area contributed by atoms with Crippen LogP contribution in [0, 0.1) is 5.92 Å². The summed E-state index contributed by atoms with van der Waals surface area (Å²) in [6, 6.07) is 12.6. The van der Waals surface area contributed by atoms with E-state index in [0.717, 1.165) is 31.2 Å². The van der Waals surface area contributed by atoms with E-state index in [1.54, 1.807) is 7.05 Å². The Kier molecular flexibility index (Phi) is 9.72. The van der Waals surface area contributed by atoms with Crippen molar-refractivity contribution in [3.05, 3.63) is 52.2 Å². The zero-order valence-corrected chi connectivity index (χ0v) is 20.1. The molecule has 0 radical (unpaired) electrons. The van der Waals surface area contributed by atoms with Crippen molar-refractivity contribution in [1.82, 2.24) is 16.0 Å². The van der Waals surface area contributed by atoms with Crippen molar-refractivity contribution in [3.63, 3.8) is 0 Å². The van der Waals surface area contributed by atoms with Crippen molar-refractivity contribution in [2.45, 2.75) is 19.9 Å². The predicted octanol–water partition coefficient (Wildman–Crippen LogP) is 2.85. The van der Waals surface area contributed by atoms with Crippen LogP contribution in [0.5, 0.6) is 0 Å². The van der Waals surface area contributed by atoms with E-state index in [1.165, 1.54) is 10.4 Å². The van der Waals surface area contributed by atoms with E-state index in [2.05, 4.69) is 74.5 Å². The third-order valence-electron chi connectivity index (χ3n) is 4.77. The second kappa shape index (κ2) is 12.0. The second-order valence-electron chi connectivity index (χ2n) is 7.13. The summed E-state index contributed by atoms with van der Waals surface area (Å²) in [6.45, 7) is 5.82. The number of hydrogen-bond acceptors (Lipinski definition) is 4. The molecule has 0 aliphatic carbocycles. The molecule has 6 nitrogen and oxygen atoms in total. The number of benzene rings is 1. The third kappa shape index (κ3) is 7.50. The molecule has 1 saturated heterocycles. The molecular weight excluding hydrogens is 497 g/mol. The van der Waals surface area contributed by atoms with Crippen LogP contribution >= 0.6 is 35.3 Å². The maximum absolute atomic E-state index is 11.5. The molecule has 1 unspecified atom stereocenters. The first-order valence-corrected chi connectivity index (χ1v) is 10.6. The molecule has 3 N–H and O–H groups in total. The van der Waals surface area contributed by atoms with Crippen molar-refractivity contribution in [2.75, 3.05) is 38.1 Å². The summed E-state index contributed by atoms with van der Waals surface area (Å²) in [5, 5.41) is 11.8. The number of thiophene rings is 1. The fourth-order valence-corrected chi connectivity index (χ4v) is 4.08. The molecule has 2 aromatic rings. The number of carbonyl (C=O) groups excluding carboxylic acids is 1. The summed E-state index contributed by atoms with van der Waals surface area (Å²) in [5.74, 6) is 1.44. The highest BCUT2D eigenvalue weighted by Gasteiger charge is 2.16. The highest BCUT2D eigenvalue weighted by atomic mass is 127. The van der Waals surface area contributed by atoms with Gasteiger partial charge in [0.15, 0.2) is 5.96 Å². The van der Waals surface area contributed by atoms with Gasteiger partial charge in [0.25, 0.3) is 0 Å². The number of nitrogens with one attached hydrogen (secondary N) is 3. The topological polar surface area (TPSA) is 68.8 Å². The lowest BCUT2D eigenvalue weighted by Gasteiger charge is -2.28. The molecule has 8 heteroatoms. The normalized spacial score (nSPS) is 15.3. The maximum atomic E-state index is 11.5. The van der Waals surface area contributed by atoms with Gasteiger partial charge >= 0.3 is 0 Å². The molecule has 158 valence electrons. The molecule has 1 fully saturated rings. The first-order chi connectivity index (χ1) is 13.6. The summed E-state index contributed by atoms with van der Waals surface area (Å²) in [6.07, 6.45) is 1.08. The molecule has 0 saturated carbocycles. The van der Waals surface area contributed by atoms with Gasteiger partial charge < -0.3 is 20.9 Å². The number of guanidine groups is 1. The Hall–Kier alpha value is -1.81. The lowest BCUT2D eigenvalue weighted by Crippen LogP contribution is -2.47. The molecule has 0 spiro atoms. The van der Waals surface area contributed by atoms with E-state index in [9.17, 15) is 4.79 Å². The van der Waals surface area contributed by atoms with Gasteiger partial charge in [0.05, 0.1) is 6.54 Å². The number of amides is 1. The Morgan fingerprint density at radius 2 is 2.07 bits per heavy atom. The van der Waals surface area contributed by atoms with E-state index in [4.69, 9.17) is 0 Å². The predicted molar refractivity (Wildman–Crippen MR) is 132 cm³/mol. The van der Waals surface area contributed by atoms with Crippen LogP contribution in [0.4, 0.5) is 5.69 Å². The number of anilines is 1. The number of nitrogens with zero attached hydrogens (tertiary/aromatic N) is 2. The molecule has 2 heterocycles. The monoisotopic (exact) mass is 527 g/mol. The number of hydrogen-bond donors (Lipinski definition) is 3. The molecule has 1 aliphatic heterocycles. The van der Waals surface area contributed by atoms with Crippen LogP contribution in [0.15, 0.2) is 46.8 Å². The fourth-order valence-electron chi connectivity index (χ4n) is 3.21. The summed E-state index contributed by atoms with van der Waals surface area (Å²) >= 11 is 1.81. The highest BCUT2D eigenvalue weighted by molar-refractivity contribution is 14.0. The lowest BCUT2D eigenvalue weighted by molar-refractivity contribution is -0.120. The molecule has 0 bridgehead atoms. The van der Waals surface area contributed by atoms with Crippen LogP contribution in [-0.2, 0) is 17.8 Å². The minimum Gasteiger partial charge on any atom is -0.360 e. The molecular formula is C21H30IN5OS. The highest BCUT2D eigenvalue weighted by Crippen LogP contribution is 2.16. The summed E-state index contributed by atoms with van der Waals surface area (Å²) in [7, 11) is 1.80. The Bertz CT molecular complexity index is 779. The van der Waals surface area contributed by atoms with Gasteiger partial charge in [-0.2, -0.15) is 0 Å². The average molecular weight is 527 g/mol. The van der Waals surface area contributed by atoms with Crippen molar-refractivity contribution in [3.8, 4) is 0 Å². The fraction of sp³-hybridized carbons (Fsp3) is 0.429. The minimum absolute atomic E-state index is 0. The Balaban J connectivity index is 0.00000300. The van der Waals surface area contributed by atoms with Crippen LogP contribution in [0.1, 0.15) is 17.4 Å². The second-order valence-corrected chi connectivity index (χ2v) is 8.17. The molecule has 1 aliphatic rings. The van der Waals surface area contributed by atoms with Crippen molar-refractivity contribution in [2.24, 2.45) is 10.9 Å². The smallest absolute Gasteiger partial charge is 0.239 e. The lowest BCUT2D eigenvalue weighted by atomic mass is 10.1. The van der Waals surface area contributed by atoms with Crippen LogP contribution in [-0.4, -0.2) is 45.1 Å². The van der Waals surface area contributed by atoms with Gasteiger partial charge in [0.2, 0.25) is 5.91 Å². The van der Waals surface area contributed by atoms with E-state index in [-0.39, 0.29) is 29.9 Å². The van der Waals surface area contributed by atoms with E-state index < -0.39 is 0 Å². The maximum Gasteiger partial charge on any atom is 0.239 e. The molecule has 1 aromatic heterocycles. The number of piperazine rings is 1. The number of halogens is 1. The SMILES string of the molecule is CN=C(NCc1ccc(N2CCNC(=O)C2)cc1)NCC(C)Cc1cccs1.I. The summed E-state index contributed by atoms with van der Waals surface area (Å²) < 4.78 is 0. The molecule has 3 rings (SSSR count). The van der Waals surface area contributed by atoms with Crippen LogP contribution in [0.3, 0.4) is 0 Å². The number of carbonyl (C=O) groups is 1. The first-order valence-electron chi connectivity index (χ1n) is 9.71. The van der Waals surface area contributed by atoms with Gasteiger partial charge in [-0.3, -0.25) is 9.79 Å². The Morgan fingerprint density at radius 3 is 2.72 bits per heavy atom. The molecule has 1 atom stereocenters. The van der Waals surface area contributed by atoms with Gasteiger partial charge in [-0.15, -0.1) is 35.3 Å². The standard InChI is InChI=1S/C21H29N5OS.HI/c1-16(12-19-4-3-11-28-19)13-24-21(22-2)25-14-17-5-7-18(8-6-17)26-10-9-23-20(27)15-26;/h3-8,11,16H,9-10,12-15H2,1-2H3,(H,23,27)(H2,22,24,25);1H. The van der Waals surface area contributed by atoms with Gasteiger partial charge in [-0.05, 0) is 41.5 Å². The molecule has 29 heavy (non-hydrogen) atoms. The van der Waals surface area contributed by atoms with Crippen LogP contribution in [0.25, 0.3) is 0 Å². The van der Waals surface area contributed by atoms with Crippen molar-refractivity contribution in [1.29, 1.82) is 0 Å². The van der Waals surface area contributed by atoms with E-state index >= 15 is 0 Å². The molecule has 1 amide bonds. The van der Waals surface area contributed by atoms with Gasteiger partial charge in [-0.25, -0.2) is 0 Å². The van der Waals surface area contributed by atoms with Gasteiger partial charge in [0.1, 0.15) is 0 Å². The summed E-state index contributed by atoms with van der Waals surface area (Å²) in [4.78, 5) is 19.4. The minimum atomic E-state index is 0. The Labute approximate surface area is 194 Å². The van der Waals surface area contributed by atoms with Crippen LogP contribution < -0.4 is 20.9 Å². The Morgan fingerprint density at radius 1 is 1.28 bits per heavy atom. The van der Waals surface area contributed by atoms with Gasteiger partial charge in [0, 0.05) is 43.8 Å². The average Bonchev–Trinajstić information content (AvgIpc) is 3.21. The van der Waals surface area contributed by atoms with Crippen LogP contribution in [0.2, 0.25) is 0 Å². The third-order valence-corrected chi connectivity index (χ3v) is 5.67. The zero-order chi connectivity index (χ0) is 19.8. The quantitative estimate of drug-likeness (QED) is 0.295. The van der Waals surface area contributed by atoms with Gasteiger partial charge in [-0.1, -0.05) is 25.1 Å². The number of rotatable bonds is 7. The largest absolute Gasteiger partial charge is 0.360 e. The summed E-state index contributed by atoms with van der Waals surface area (Å²) in [5.41, 5.74) is 2.27. The van der Waals surface area contributed by atoms with E-state index in [0.29, 0.717) is 25.6 Å². The van der Waals surface area contributed by atoms with E-state index in [1.807, 2.05) is 11.3 Å².